The highest BCUT2D eigenvalue weighted by Crippen LogP contribution is 2.48. The Bertz CT molecular complexity index is 567. The minimum atomic E-state index is -0.905. The van der Waals surface area contributed by atoms with E-state index < -0.39 is 5.41 Å². The van der Waals surface area contributed by atoms with Gasteiger partial charge in [0.2, 0.25) is 11.8 Å². The van der Waals surface area contributed by atoms with E-state index in [1.165, 1.54) is 0 Å². The molecule has 0 unspecified atom stereocenters. The minimum Gasteiger partial charge on any atom is -0.342 e. The van der Waals surface area contributed by atoms with Crippen molar-refractivity contribution >= 4 is 40.7 Å². The molecule has 0 radical (unpaired) electrons. The summed E-state index contributed by atoms with van der Waals surface area (Å²) < 4.78 is 0. The van der Waals surface area contributed by atoms with Gasteiger partial charge in [-0.2, -0.15) is 0 Å². The molecule has 0 heterocycles. The SMILES string of the molecule is CCN(CC)C(=O)C1(C(=O)Nc2ccc(Cl)c(Cl)c2)CC1. The third-order valence-electron chi connectivity index (χ3n) is 3.82. The van der Waals surface area contributed by atoms with Crippen LogP contribution in [0.3, 0.4) is 0 Å². The molecule has 0 atom stereocenters. The maximum absolute atomic E-state index is 12.5. The average molecular weight is 329 g/mol. The molecule has 1 aliphatic carbocycles. The van der Waals surface area contributed by atoms with Crippen LogP contribution in [0.15, 0.2) is 18.2 Å². The van der Waals surface area contributed by atoms with Crippen LogP contribution in [0.5, 0.6) is 0 Å². The molecule has 1 saturated carbocycles. The maximum Gasteiger partial charge on any atom is 0.240 e. The Kier molecular flexibility index (Phi) is 4.79. The largest absolute Gasteiger partial charge is 0.342 e. The number of nitrogens with one attached hydrogen (secondary N) is 1. The van der Waals surface area contributed by atoms with Crippen LogP contribution in [0.2, 0.25) is 10.0 Å². The molecule has 4 nitrogen and oxygen atoms in total. The number of rotatable bonds is 5. The van der Waals surface area contributed by atoms with Crippen molar-refractivity contribution in [3.8, 4) is 0 Å². The number of benzene rings is 1. The van der Waals surface area contributed by atoms with E-state index in [1.54, 1.807) is 23.1 Å². The fourth-order valence-electron chi connectivity index (χ4n) is 2.30. The third kappa shape index (κ3) is 3.16. The van der Waals surface area contributed by atoms with Crippen molar-refractivity contribution in [2.24, 2.45) is 5.41 Å². The summed E-state index contributed by atoms with van der Waals surface area (Å²) in [5.74, 6) is -0.358. The zero-order valence-corrected chi connectivity index (χ0v) is 13.6. The van der Waals surface area contributed by atoms with Gasteiger partial charge < -0.3 is 10.2 Å². The number of carbonyl (C=O) groups excluding carboxylic acids is 2. The molecule has 0 bridgehead atoms. The molecule has 1 aromatic carbocycles. The molecular formula is C15H18Cl2N2O2. The molecule has 2 rings (SSSR count). The third-order valence-corrected chi connectivity index (χ3v) is 4.56. The van der Waals surface area contributed by atoms with Crippen molar-refractivity contribution in [1.82, 2.24) is 4.90 Å². The number of hydrogen-bond acceptors (Lipinski definition) is 2. The number of amides is 2. The number of halogens is 2. The predicted molar refractivity (Wildman–Crippen MR) is 84.7 cm³/mol. The first-order valence-corrected chi connectivity index (χ1v) is 7.76. The van der Waals surface area contributed by atoms with Crippen LogP contribution >= 0.6 is 23.2 Å². The van der Waals surface area contributed by atoms with Crippen LogP contribution in [0.4, 0.5) is 5.69 Å². The van der Waals surface area contributed by atoms with Gasteiger partial charge in [0, 0.05) is 18.8 Å². The van der Waals surface area contributed by atoms with Gasteiger partial charge in [-0.1, -0.05) is 23.2 Å². The van der Waals surface area contributed by atoms with Crippen molar-refractivity contribution in [1.29, 1.82) is 0 Å². The monoisotopic (exact) mass is 328 g/mol. The van der Waals surface area contributed by atoms with Crippen LogP contribution in [0.25, 0.3) is 0 Å². The molecule has 1 fully saturated rings. The molecule has 1 aromatic rings. The lowest BCUT2D eigenvalue weighted by molar-refractivity contribution is -0.141. The van der Waals surface area contributed by atoms with Crippen molar-refractivity contribution in [3.63, 3.8) is 0 Å². The second kappa shape index (κ2) is 6.24. The van der Waals surface area contributed by atoms with E-state index in [1.807, 2.05) is 13.8 Å². The van der Waals surface area contributed by atoms with Crippen LogP contribution in [-0.4, -0.2) is 29.8 Å². The highest BCUT2D eigenvalue weighted by molar-refractivity contribution is 6.42. The highest BCUT2D eigenvalue weighted by Gasteiger charge is 2.57. The van der Waals surface area contributed by atoms with Gasteiger partial charge in [0.25, 0.3) is 0 Å². The van der Waals surface area contributed by atoms with E-state index in [2.05, 4.69) is 5.32 Å². The van der Waals surface area contributed by atoms with Crippen molar-refractivity contribution in [2.45, 2.75) is 26.7 Å². The summed E-state index contributed by atoms with van der Waals surface area (Å²) in [6.45, 7) is 5.04. The van der Waals surface area contributed by atoms with Crippen molar-refractivity contribution in [3.05, 3.63) is 28.2 Å². The van der Waals surface area contributed by atoms with Gasteiger partial charge in [0.1, 0.15) is 5.41 Å². The molecule has 1 aliphatic rings. The van der Waals surface area contributed by atoms with Crippen molar-refractivity contribution < 1.29 is 9.59 Å². The molecule has 0 spiro atoms. The number of carbonyl (C=O) groups is 2. The Hall–Kier alpha value is -1.26. The average Bonchev–Trinajstić information content (AvgIpc) is 3.26. The van der Waals surface area contributed by atoms with Crippen LogP contribution < -0.4 is 5.32 Å². The lowest BCUT2D eigenvalue weighted by Crippen LogP contribution is -2.42. The summed E-state index contributed by atoms with van der Waals surface area (Å²) in [5.41, 5.74) is -0.356. The molecule has 0 aromatic heterocycles. The van der Waals surface area contributed by atoms with E-state index in [4.69, 9.17) is 23.2 Å². The Morgan fingerprint density at radius 1 is 1.19 bits per heavy atom. The quantitative estimate of drug-likeness (QED) is 0.840. The van der Waals surface area contributed by atoms with Gasteiger partial charge in [-0.15, -0.1) is 0 Å². The number of nitrogens with zero attached hydrogens (tertiary/aromatic N) is 1. The summed E-state index contributed by atoms with van der Waals surface area (Å²) in [6, 6.07) is 4.87. The normalized spacial score (nSPS) is 15.4. The van der Waals surface area contributed by atoms with Gasteiger partial charge in [-0.05, 0) is 44.9 Å². The van der Waals surface area contributed by atoms with Gasteiger partial charge in [0.05, 0.1) is 10.0 Å². The van der Waals surface area contributed by atoms with Gasteiger partial charge in [0.15, 0.2) is 0 Å². The van der Waals surface area contributed by atoms with Crippen molar-refractivity contribution in [2.75, 3.05) is 18.4 Å². The Labute approximate surface area is 134 Å². The maximum atomic E-state index is 12.5. The van der Waals surface area contributed by atoms with Crippen LogP contribution in [0.1, 0.15) is 26.7 Å². The fourth-order valence-corrected chi connectivity index (χ4v) is 2.60. The molecule has 114 valence electrons. The Morgan fingerprint density at radius 3 is 2.29 bits per heavy atom. The molecule has 0 saturated heterocycles. The Balaban J connectivity index is 2.12. The molecule has 1 N–H and O–H groups in total. The van der Waals surface area contributed by atoms with Crippen LogP contribution in [0, 0.1) is 5.41 Å². The van der Waals surface area contributed by atoms with E-state index in [0.717, 1.165) is 0 Å². The first kappa shape index (κ1) is 16.1. The molecule has 6 heteroatoms. The fraction of sp³-hybridized carbons (Fsp3) is 0.467. The lowest BCUT2D eigenvalue weighted by Gasteiger charge is -2.24. The molecule has 0 aliphatic heterocycles. The Morgan fingerprint density at radius 2 is 1.81 bits per heavy atom. The van der Waals surface area contributed by atoms with E-state index in [0.29, 0.717) is 41.7 Å². The predicted octanol–water partition coefficient (Wildman–Crippen LogP) is 3.58. The second-order valence-electron chi connectivity index (χ2n) is 5.14. The zero-order chi connectivity index (χ0) is 15.6. The summed E-state index contributed by atoms with van der Waals surface area (Å²) in [6.07, 6.45) is 1.19. The second-order valence-corrected chi connectivity index (χ2v) is 5.96. The van der Waals surface area contributed by atoms with Gasteiger partial charge >= 0.3 is 0 Å². The summed E-state index contributed by atoms with van der Waals surface area (Å²) in [7, 11) is 0. The highest BCUT2D eigenvalue weighted by atomic mass is 35.5. The topological polar surface area (TPSA) is 49.4 Å². The van der Waals surface area contributed by atoms with Gasteiger partial charge in [-0.3, -0.25) is 9.59 Å². The summed E-state index contributed by atoms with van der Waals surface area (Å²) >= 11 is 11.8. The smallest absolute Gasteiger partial charge is 0.240 e. The van der Waals surface area contributed by atoms with E-state index >= 15 is 0 Å². The molecule has 2 amide bonds. The van der Waals surface area contributed by atoms with Gasteiger partial charge in [-0.25, -0.2) is 0 Å². The van der Waals surface area contributed by atoms with E-state index in [9.17, 15) is 9.59 Å². The first-order chi connectivity index (χ1) is 9.94. The minimum absolute atomic E-state index is 0.0925. The van der Waals surface area contributed by atoms with E-state index in [-0.39, 0.29) is 11.8 Å². The molecule has 21 heavy (non-hydrogen) atoms. The number of anilines is 1. The standard InChI is InChI=1S/C15H18Cl2N2O2/c1-3-19(4-2)14(21)15(7-8-15)13(20)18-10-5-6-11(16)12(17)9-10/h5-6,9H,3-4,7-8H2,1-2H3,(H,18,20). The summed E-state index contributed by atoms with van der Waals surface area (Å²) in [5, 5.41) is 3.56. The zero-order valence-electron chi connectivity index (χ0n) is 12.1. The number of hydrogen-bond donors (Lipinski definition) is 1. The first-order valence-electron chi connectivity index (χ1n) is 7.00. The van der Waals surface area contributed by atoms with Crippen LogP contribution in [-0.2, 0) is 9.59 Å². The summed E-state index contributed by atoms with van der Waals surface area (Å²) in [4.78, 5) is 26.6. The lowest BCUT2D eigenvalue weighted by atomic mass is 10.0. The molecular weight excluding hydrogens is 311 g/mol.